The van der Waals surface area contributed by atoms with E-state index >= 15 is 0 Å². The fraction of sp³-hybridized carbons (Fsp3) is 0.375. The molecule has 1 atom stereocenters. The fourth-order valence-electron chi connectivity index (χ4n) is 2.10. The van der Waals surface area contributed by atoms with Gasteiger partial charge < -0.3 is 15.2 Å². The van der Waals surface area contributed by atoms with E-state index in [1.165, 1.54) is 13.3 Å². The van der Waals surface area contributed by atoms with Crippen molar-refractivity contribution >= 4 is 17.5 Å². The number of ether oxygens (including phenoxy) is 1. The summed E-state index contributed by atoms with van der Waals surface area (Å²) >= 11 is 6.11. The van der Waals surface area contributed by atoms with Gasteiger partial charge in [-0.2, -0.15) is 5.10 Å². The number of carbonyl (C=O) groups is 1. The molecular formula is C16H20ClN3O3. The quantitative estimate of drug-likeness (QED) is 0.769. The minimum Gasteiger partial charge on any atom is -0.391 e. The number of aliphatic hydroxyl groups excluding tert-OH is 1. The standard InChI is InChI=1S/C16H20ClN3O3/c1-23-11-14(21)6-7-18-16(22)13-8-19-20(10-13)9-12-4-2-3-5-15(12)17/h2-5,8,10,14,21H,6-7,9,11H2,1H3,(H,18,22). The Morgan fingerprint density at radius 1 is 1.48 bits per heavy atom. The van der Waals surface area contributed by atoms with Gasteiger partial charge in [0.25, 0.3) is 5.91 Å². The summed E-state index contributed by atoms with van der Waals surface area (Å²) in [4.78, 5) is 12.0. The molecular weight excluding hydrogens is 318 g/mol. The van der Waals surface area contributed by atoms with Gasteiger partial charge in [-0.05, 0) is 18.1 Å². The first kappa shape index (κ1) is 17.5. The lowest BCUT2D eigenvalue weighted by molar-refractivity contribution is 0.0587. The topological polar surface area (TPSA) is 76.4 Å². The Balaban J connectivity index is 1.86. The number of hydrogen-bond acceptors (Lipinski definition) is 4. The van der Waals surface area contributed by atoms with E-state index in [1.807, 2.05) is 24.3 Å². The molecule has 0 fully saturated rings. The zero-order valence-corrected chi connectivity index (χ0v) is 13.7. The molecule has 0 aliphatic carbocycles. The third kappa shape index (κ3) is 5.35. The highest BCUT2D eigenvalue weighted by Gasteiger charge is 2.10. The molecule has 0 saturated carbocycles. The van der Waals surface area contributed by atoms with Crippen LogP contribution in [0.2, 0.25) is 5.02 Å². The smallest absolute Gasteiger partial charge is 0.254 e. The Bertz CT molecular complexity index is 645. The second-order valence-electron chi connectivity index (χ2n) is 5.17. The van der Waals surface area contributed by atoms with Crippen molar-refractivity contribution in [1.82, 2.24) is 15.1 Å². The van der Waals surface area contributed by atoms with Crippen molar-refractivity contribution < 1.29 is 14.6 Å². The Hall–Kier alpha value is -1.89. The number of carbonyl (C=O) groups excluding carboxylic acids is 1. The highest BCUT2D eigenvalue weighted by molar-refractivity contribution is 6.31. The monoisotopic (exact) mass is 337 g/mol. The molecule has 1 aromatic carbocycles. The predicted octanol–water partition coefficient (Wildman–Crippen LogP) is 1.71. The highest BCUT2D eigenvalue weighted by atomic mass is 35.5. The normalized spacial score (nSPS) is 12.1. The van der Waals surface area contributed by atoms with Crippen molar-refractivity contribution in [2.45, 2.75) is 19.1 Å². The zero-order valence-electron chi connectivity index (χ0n) is 12.9. The molecule has 7 heteroatoms. The number of methoxy groups -OCH3 is 1. The fourth-order valence-corrected chi connectivity index (χ4v) is 2.29. The van der Waals surface area contributed by atoms with E-state index < -0.39 is 6.10 Å². The highest BCUT2D eigenvalue weighted by Crippen LogP contribution is 2.16. The molecule has 0 aliphatic heterocycles. The molecule has 0 saturated heterocycles. The van der Waals surface area contributed by atoms with Gasteiger partial charge in [-0.25, -0.2) is 0 Å². The molecule has 1 unspecified atom stereocenters. The van der Waals surface area contributed by atoms with E-state index in [-0.39, 0.29) is 12.5 Å². The Morgan fingerprint density at radius 3 is 3.00 bits per heavy atom. The molecule has 1 heterocycles. The molecule has 0 radical (unpaired) electrons. The lowest BCUT2D eigenvalue weighted by Crippen LogP contribution is -2.28. The Morgan fingerprint density at radius 2 is 2.26 bits per heavy atom. The summed E-state index contributed by atoms with van der Waals surface area (Å²) in [5.41, 5.74) is 1.41. The van der Waals surface area contributed by atoms with Crippen molar-refractivity contribution in [3.63, 3.8) is 0 Å². The van der Waals surface area contributed by atoms with Crippen molar-refractivity contribution in [2.75, 3.05) is 20.3 Å². The number of aliphatic hydroxyl groups is 1. The summed E-state index contributed by atoms with van der Waals surface area (Å²) < 4.78 is 6.49. The van der Waals surface area contributed by atoms with E-state index in [2.05, 4.69) is 10.4 Å². The molecule has 23 heavy (non-hydrogen) atoms. The summed E-state index contributed by atoms with van der Waals surface area (Å²) in [5, 5.41) is 17.1. The summed E-state index contributed by atoms with van der Waals surface area (Å²) in [5.74, 6) is -0.222. The van der Waals surface area contributed by atoms with Crippen LogP contribution in [-0.2, 0) is 11.3 Å². The number of nitrogens with one attached hydrogen (secondary N) is 1. The number of amides is 1. The van der Waals surface area contributed by atoms with Gasteiger partial charge >= 0.3 is 0 Å². The van der Waals surface area contributed by atoms with Crippen LogP contribution in [0.5, 0.6) is 0 Å². The molecule has 124 valence electrons. The van der Waals surface area contributed by atoms with Gasteiger partial charge in [0.1, 0.15) is 0 Å². The first-order valence-electron chi connectivity index (χ1n) is 7.31. The maximum absolute atomic E-state index is 12.0. The van der Waals surface area contributed by atoms with Crippen LogP contribution in [0.15, 0.2) is 36.7 Å². The largest absolute Gasteiger partial charge is 0.391 e. The lowest BCUT2D eigenvalue weighted by Gasteiger charge is -2.09. The Labute approximate surface area is 140 Å². The van der Waals surface area contributed by atoms with Gasteiger partial charge in [-0.15, -0.1) is 0 Å². The van der Waals surface area contributed by atoms with Crippen LogP contribution in [0.3, 0.4) is 0 Å². The molecule has 0 bridgehead atoms. The summed E-state index contributed by atoms with van der Waals surface area (Å²) in [7, 11) is 1.52. The van der Waals surface area contributed by atoms with E-state index in [9.17, 15) is 9.90 Å². The first-order chi connectivity index (χ1) is 11.1. The molecule has 0 aliphatic rings. The van der Waals surface area contributed by atoms with Gasteiger partial charge in [-0.1, -0.05) is 29.8 Å². The van der Waals surface area contributed by atoms with E-state index in [4.69, 9.17) is 16.3 Å². The minimum absolute atomic E-state index is 0.222. The first-order valence-corrected chi connectivity index (χ1v) is 7.69. The van der Waals surface area contributed by atoms with Gasteiger partial charge in [0, 0.05) is 24.9 Å². The number of halogens is 1. The molecule has 6 nitrogen and oxygen atoms in total. The molecule has 2 N–H and O–H groups in total. The van der Waals surface area contributed by atoms with E-state index in [0.717, 1.165) is 5.56 Å². The maximum Gasteiger partial charge on any atom is 0.254 e. The number of hydrogen-bond donors (Lipinski definition) is 2. The summed E-state index contributed by atoms with van der Waals surface area (Å²) in [6.07, 6.45) is 3.04. The molecule has 1 amide bonds. The van der Waals surface area contributed by atoms with Crippen LogP contribution in [-0.4, -0.2) is 47.2 Å². The van der Waals surface area contributed by atoms with E-state index in [0.29, 0.717) is 30.1 Å². The lowest BCUT2D eigenvalue weighted by atomic mass is 10.2. The van der Waals surface area contributed by atoms with Crippen molar-refractivity contribution in [1.29, 1.82) is 0 Å². The van der Waals surface area contributed by atoms with Gasteiger partial charge in [0.15, 0.2) is 0 Å². The van der Waals surface area contributed by atoms with Crippen LogP contribution in [0.1, 0.15) is 22.3 Å². The Kier molecular flexibility index (Phi) is 6.58. The number of aromatic nitrogens is 2. The average molecular weight is 338 g/mol. The van der Waals surface area contributed by atoms with Crippen LogP contribution < -0.4 is 5.32 Å². The van der Waals surface area contributed by atoms with Crippen LogP contribution in [0, 0.1) is 0 Å². The van der Waals surface area contributed by atoms with Crippen molar-refractivity contribution in [3.8, 4) is 0 Å². The second-order valence-corrected chi connectivity index (χ2v) is 5.58. The summed E-state index contributed by atoms with van der Waals surface area (Å²) in [6.45, 7) is 1.13. The number of benzene rings is 1. The van der Waals surface area contributed by atoms with Gasteiger partial charge in [0.2, 0.25) is 0 Å². The third-order valence-corrected chi connectivity index (χ3v) is 3.68. The maximum atomic E-state index is 12.0. The predicted molar refractivity (Wildman–Crippen MR) is 87.6 cm³/mol. The van der Waals surface area contributed by atoms with Crippen molar-refractivity contribution in [3.05, 3.63) is 52.8 Å². The van der Waals surface area contributed by atoms with Crippen molar-refractivity contribution in [2.24, 2.45) is 0 Å². The zero-order chi connectivity index (χ0) is 16.7. The summed E-state index contributed by atoms with van der Waals surface area (Å²) in [6, 6.07) is 7.51. The number of nitrogens with zero attached hydrogens (tertiary/aromatic N) is 2. The average Bonchev–Trinajstić information content (AvgIpc) is 2.98. The third-order valence-electron chi connectivity index (χ3n) is 3.31. The number of rotatable bonds is 8. The SMILES string of the molecule is COCC(O)CCNC(=O)c1cnn(Cc2ccccc2Cl)c1. The minimum atomic E-state index is -0.580. The van der Waals surface area contributed by atoms with Crippen LogP contribution >= 0.6 is 11.6 Å². The molecule has 0 spiro atoms. The van der Waals surface area contributed by atoms with Crippen LogP contribution in [0.4, 0.5) is 0 Å². The second kappa shape index (κ2) is 8.67. The van der Waals surface area contributed by atoms with Crippen LogP contribution in [0.25, 0.3) is 0 Å². The van der Waals surface area contributed by atoms with E-state index in [1.54, 1.807) is 10.9 Å². The molecule has 2 rings (SSSR count). The molecule has 1 aromatic heterocycles. The van der Waals surface area contributed by atoms with Gasteiger partial charge in [-0.3, -0.25) is 9.48 Å². The molecule has 2 aromatic rings. The van der Waals surface area contributed by atoms with Gasteiger partial charge in [0.05, 0.1) is 31.0 Å².